The Kier molecular flexibility index (Phi) is 7.88. The number of anilines is 2. The fourth-order valence-electron chi connectivity index (χ4n) is 6.88. The zero-order chi connectivity index (χ0) is 28.7. The van der Waals surface area contributed by atoms with Gasteiger partial charge in [-0.05, 0) is 56.2 Å². The van der Waals surface area contributed by atoms with Gasteiger partial charge in [0, 0.05) is 40.8 Å². The molecular formula is C31H34ClN3O4S. The third-order valence-corrected chi connectivity index (χ3v) is 10.7. The third-order valence-electron chi connectivity index (χ3n) is 8.48. The second kappa shape index (κ2) is 11.1. The van der Waals surface area contributed by atoms with Crippen LogP contribution in [0.4, 0.5) is 11.4 Å². The number of amides is 3. The first-order valence-electron chi connectivity index (χ1n) is 13.5. The number of benzene rings is 2. The van der Waals surface area contributed by atoms with Gasteiger partial charge in [0.15, 0.2) is 0 Å². The topological polar surface area (TPSA) is 81.2 Å². The number of β-amino-alcohol motifs (C(OH)–C–C–N with tert-alkyl or cyclic N) is 1. The number of likely N-dealkylation sites (tertiary alicyclic amines) is 1. The maximum absolute atomic E-state index is 14.5. The summed E-state index contributed by atoms with van der Waals surface area (Å²) in [5.74, 6) is -1.94. The molecule has 40 heavy (non-hydrogen) atoms. The van der Waals surface area contributed by atoms with E-state index in [2.05, 4.69) is 20.1 Å². The van der Waals surface area contributed by atoms with Crippen molar-refractivity contribution in [1.82, 2.24) is 4.90 Å². The average Bonchev–Trinajstić information content (AvgIpc) is 3.52. The molecule has 1 N–H and O–H groups in total. The molecular weight excluding hydrogens is 546 g/mol. The van der Waals surface area contributed by atoms with E-state index in [9.17, 15) is 19.5 Å². The molecule has 210 valence electrons. The maximum atomic E-state index is 14.5. The van der Waals surface area contributed by atoms with E-state index in [4.69, 9.17) is 11.6 Å². The Bertz CT molecular complexity index is 1320. The van der Waals surface area contributed by atoms with Crippen molar-refractivity contribution in [2.45, 2.75) is 35.3 Å². The van der Waals surface area contributed by atoms with Crippen molar-refractivity contribution < 1.29 is 19.5 Å². The van der Waals surface area contributed by atoms with E-state index in [-0.39, 0.29) is 37.4 Å². The van der Waals surface area contributed by atoms with Gasteiger partial charge in [-0.25, -0.2) is 0 Å². The van der Waals surface area contributed by atoms with Crippen LogP contribution in [0, 0.1) is 11.8 Å². The van der Waals surface area contributed by atoms with Crippen molar-refractivity contribution in [2.75, 3.05) is 36.0 Å². The van der Waals surface area contributed by atoms with Crippen LogP contribution in [0.25, 0.3) is 0 Å². The molecule has 3 saturated heterocycles. The van der Waals surface area contributed by atoms with Gasteiger partial charge < -0.3 is 19.8 Å². The first kappa shape index (κ1) is 28.5. The number of para-hydroxylation sites is 1. The molecule has 2 unspecified atom stereocenters. The lowest BCUT2D eigenvalue weighted by Crippen LogP contribution is -2.55. The number of hydrogen-bond donors (Lipinski definition) is 1. The molecule has 7 nitrogen and oxygen atoms in total. The third kappa shape index (κ3) is 4.46. The van der Waals surface area contributed by atoms with Crippen LogP contribution >= 0.6 is 23.4 Å². The van der Waals surface area contributed by atoms with Crippen molar-refractivity contribution in [3.8, 4) is 0 Å². The Morgan fingerprint density at radius 1 is 1.02 bits per heavy atom. The highest BCUT2D eigenvalue weighted by Crippen LogP contribution is 2.71. The Morgan fingerprint density at radius 2 is 1.62 bits per heavy atom. The molecule has 0 aliphatic carbocycles. The van der Waals surface area contributed by atoms with Crippen LogP contribution < -0.4 is 9.80 Å². The minimum atomic E-state index is -0.831. The first-order chi connectivity index (χ1) is 19.2. The highest BCUT2D eigenvalue weighted by atomic mass is 35.5. The maximum Gasteiger partial charge on any atom is 0.251 e. The number of nitrogens with zero attached hydrogens (tertiary/aromatic N) is 3. The molecule has 0 radical (unpaired) electrons. The van der Waals surface area contributed by atoms with E-state index in [0.717, 1.165) is 5.69 Å². The van der Waals surface area contributed by atoms with Crippen molar-refractivity contribution in [3.05, 3.63) is 84.9 Å². The monoisotopic (exact) mass is 579 g/mol. The van der Waals surface area contributed by atoms with Crippen LogP contribution in [0.5, 0.6) is 0 Å². The molecule has 3 heterocycles. The summed E-state index contributed by atoms with van der Waals surface area (Å²) >= 11 is 7.72. The van der Waals surface area contributed by atoms with E-state index in [1.54, 1.807) is 58.0 Å². The van der Waals surface area contributed by atoms with E-state index in [1.807, 2.05) is 30.3 Å². The number of halogens is 1. The van der Waals surface area contributed by atoms with Gasteiger partial charge >= 0.3 is 0 Å². The van der Waals surface area contributed by atoms with E-state index in [0.29, 0.717) is 30.1 Å². The fraction of sp³-hybridized carbons (Fsp3) is 0.387. The molecule has 2 bridgehead atoms. The predicted octanol–water partition coefficient (Wildman–Crippen LogP) is 4.55. The molecule has 2 aromatic carbocycles. The molecule has 3 aliphatic rings. The Balaban J connectivity index is 1.58. The van der Waals surface area contributed by atoms with Gasteiger partial charge in [-0.15, -0.1) is 24.9 Å². The molecule has 2 aromatic rings. The van der Waals surface area contributed by atoms with Crippen LogP contribution in [-0.4, -0.2) is 69.5 Å². The fourth-order valence-corrected chi connectivity index (χ4v) is 9.35. The second-order valence-electron chi connectivity index (χ2n) is 10.8. The summed E-state index contributed by atoms with van der Waals surface area (Å²) in [6.07, 6.45) is 4.66. The predicted molar refractivity (Wildman–Crippen MR) is 161 cm³/mol. The number of hydrogen-bond acceptors (Lipinski definition) is 5. The summed E-state index contributed by atoms with van der Waals surface area (Å²) in [5, 5.41) is 10.5. The highest BCUT2D eigenvalue weighted by molar-refractivity contribution is 8.02. The minimum Gasteiger partial charge on any atom is -0.395 e. The first-order valence-corrected chi connectivity index (χ1v) is 14.7. The largest absolute Gasteiger partial charge is 0.395 e. The Hall–Kier alpha value is -3.07. The molecule has 9 heteroatoms. The molecule has 5 atom stereocenters. The lowest BCUT2D eigenvalue weighted by Gasteiger charge is -2.38. The summed E-state index contributed by atoms with van der Waals surface area (Å²) in [6, 6.07) is 15.5. The van der Waals surface area contributed by atoms with Crippen LogP contribution in [0.15, 0.2) is 79.9 Å². The summed E-state index contributed by atoms with van der Waals surface area (Å²) in [5.41, 5.74) is 1.38. The molecule has 1 spiro atoms. The minimum absolute atomic E-state index is 0.0171. The second-order valence-corrected chi connectivity index (χ2v) is 13.1. The van der Waals surface area contributed by atoms with Crippen molar-refractivity contribution in [1.29, 1.82) is 0 Å². The Labute approximate surface area is 244 Å². The number of rotatable bonds is 10. The van der Waals surface area contributed by atoms with Crippen molar-refractivity contribution in [2.24, 2.45) is 11.8 Å². The summed E-state index contributed by atoms with van der Waals surface area (Å²) in [6.45, 7) is 10.0. The molecule has 0 saturated carbocycles. The number of carbonyl (C=O) groups is 3. The van der Waals surface area contributed by atoms with E-state index >= 15 is 0 Å². The van der Waals surface area contributed by atoms with Crippen molar-refractivity contribution >= 4 is 52.5 Å². The molecule has 3 aliphatic heterocycles. The van der Waals surface area contributed by atoms with Gasteiger partial charge in [0.2, 0.25) is 11.8 Å². The highest BCUT2D eigenvalue weighted by Gasteiger charge is 2.77. The zero-order valence-corrected chi connectivity index (χ0v) is 24.1. The van der Waals surface area contributed by atoms with Gasteiger partial charge in [0.25, 0.3) is 5.91 Å². The van der Waals surface area contributed by atoms with Crippen LogP contribution in [0.3, 0.4) is 0 Å². The van der Waals surface area contributed by atoms with E-state index < -0.39 is 27.4 Å². The number of fused-ring (bicyclic) bond motifs is 1. The quantitative estimate of drug-likeness (QED) is 0.418. The van der Waals surface area contributed by atoms with Gasteiger partial charge in [0.05, 0.1) is 23.2 Å². The average molecular weight is 580 g/mol. The molecule has 3 fully saturated rings. The normalized spacial score (nSPS) is 28.3. The molecule has 0 aromatic heterocycles. The lowest BCUT2D eigenvalue weighted by atomic mass is 9.66. The van der Waals surface area contributed by atoms with Crippen LogP contribution in [0.2, 0.25) is 5.02 Å². The number of aliphatic hydroxyl groups is 1. The zero-order valence-electron chi connectivity index (χ0n) is 22.5. The molecule has 3 amide bonds. The van der Waals surface area contributed by atoms with Crippen molar-refractivity contribution in [3.63, 3.8) is 0 Å². The summed E-state index contributed by atoms with van der Waals surface area (Å²) < 4.78 is -1.31. The lowest BCUT2D eigenvalue weighted by molar-refractivity contribution is -0.140. The standard InChI is InChI=1S/C31H34ClN3O4S/c1-4-17-33(22-9-7-6-8-10-22)27(37)24-25-28(38)35(19-20-36)26(31(25)16-15-30(24,3)40-31)29(39)34(18-5-2)23-13-11-21(32)12-14-23/h4-14,24-26,36H,1-2,15-20H2,3H3/t24-,25-,26?,30+,31?/m0/s1. The van der Waals surface area contributed by atoms with Gasteiger partial charge in [0.1, 0.15) is 6.04 Å². The summed E-state index contributed by atoms with van der Waals surface area (Å²) in [7, 11) is 0. The molecule has 5 rings (SSSR count). The van der Waals surface area contributed by atoms with Gasteiger partial charge in [-0.1, -0.05) is 42.0 Å². The van der Waals surface area contributed by atoms with E-state index in [1.165, 1.54) is 4.90 Å². The number of aliphatic hydroxyl groups excluding tert-OH is 1. The van der Waals surface area contributed by atoms with Gasteiger partial charge in [-0.3, -0.25) is 14.4 Å². The number of carbonyl (C=O) groups excluding carboxylic acids is 3. The number of thioether (sulfide) groups is 1. The smallest absolute Gasteiger partial charge is 0.251 e. The van der Waals surface area contributed by atoms with Crippen LogP contribution in [-0.2, 0) is 14.4 Å². The van der Waals surface area contributed by atoms with Gasteiger partial charge in [-0.2, -0.15) is 0 Å². The van der Waals surface area contributed by atoms with Crippen LogP contribution in [0.1, 0.15) is 19.8 Å². The summed E-state index contributed by atoms with van der Waals surface area (Å²) in [4.78, 5) is 47.9. The SMILES string of the molecule is C=CCN(C(=O)C1N(CCO)C(=O)[C@@H]2[C@@H](C(=O)N(CC=C)c3ccccc3)[C@@]3(C)CCC12S3)c1ccc(Cl)cc1. The Morgan fingerprint density at radius 3 is 2.23 bits per heavy atom.